The van der Waals surface area contributed by atoms with E-state index in [0.29, 0.717) is 6.54 Å². The number of hydrogen-bond acceptors (Lipinski definition) is 6. The Bertz CT molecular complexity index is 1420. The summed E-state index contributed by atoms with van der Waals surface area (Å²) in [5.74, 6) is 6.02. The lowest BCUT2D eigenvalue weighted by molar-refractivity contribution is 0.0342. The fraction of sp³-hybridized carbons (Fsp3) is 0.367. The molecule has 2 saturated heterocycles. The molecular weight excluding hydrogens is 494 g/mol. The van der Waals surface area contributed by atoms with Crippen molar-refractivity contribution in [1.82, 2.24) is 24.7 Å². The largest absolute Gasteiger partial charge is 0.502 e. The number of H-pyrrole nitrogens is 1. The summed E-state index contributed by atoms with van der Waals surface area (Å²) in [5, 5.41) is 10.1. The van der Waals surface area contributed by atoms with Crippen molar-refractivity contribution >= 4 is 6.03 Å². The molecule has 2 fully saturated rings. The molecule has 0 saturated carbocycles. The molecule has 9 heteroatoms. The number of ether oxygens (including phenoxy) is 1. The Morgan fingerprint density at radius 3 is 2.28 bits per heavy atom. The van der Waals surface area contributed by atoms with Crippen molar-refractivity contribution in [2.24, 2.45) is 0 Å². The topological polar surface area (TPSA) is 102 Å². The van der Waals surface area contributed by atoms with Gasteiger partial charge < -0.3 is 24.6 Å². The predicted molar refractivity (Wildman–Crippen MR) is 147 cm³/mol. The van der Waals surface area contributed by atoms with E-state index in [2.05, 4.69) is 51.0 Å². The van der Waals surface area contributed by atoms with Crippen LogP contribution in [0.4, 0.5) is 4.79 Å². The van der Waals surface area contributed by atoms with E-state index in [1.165, 1.54) is 11.9 Å². The van der Waals surface area contributed by atoms with Gasteiger partial charge in [-0.1, -0.05) is 36.1 Å². The van der Waals surface area contributed by atoms with Crippen molar-refractivity contribution in [2.45, 2.75) is 39.0 Å². The monoisotopic (exact) mass is 527 g/mol. The lowest BCUT2D eigenvalue weighted by atomic mass is 10.0. The van der Waals surface area contributed by atoms with Gasteiger partial charge in [-0.25, -0.2) is 9.78 Å². The number of morpholine rings is 1. The van der Waals surface area contributed by atoms with E-state index in [0.717, 1.165) is 49.5 Å². The van der Waals surface area contributed by atoms with E-state index < -0.39 is 11.3 Å². The van der Waals surface area contributed by atoms with Crippen LogP contribution in [0.15, 0.2) is 59.7 Å². The van der Waals surface area contributed by atoms with Crippen LogP contribution in [0.5, 0.6) is 5.75 Å². The molecular formula is C30H33N5O4. The Hall–Kier alpha value is -4.13. The lowest BCUT2D eigenvalue weighted by Crippen LogP contribution is -2.37. The first-order valence-electron chi connectivity index (χ1n) is 13.2. The highest BCUT2D eigenvalue weighted by Crippen LogP contribution is 2.33. The highest BCUT2D eigenvalue weighted by Gasteiger charge is 2.39. The highest BCUT2D eigenvalue weighted by atomic mass is 16.5. The minimum atomic E-state index is -0.621. The first-order valence-corrected chi connectivity index (χ1v) is 13.2. The molecule has 1 atom stereocenters. The number of hydrogen-bond donors (Lipinski definition) is 2. The summed E-state index contributed by atoms with van der Waals surface area (Å²) in [6, 6.07) is 16.0. The first-order chi connectivity index (χ1) is 18.9. The molecule has 3 aromatic rings. The van der Waals surface area contributed by atoms with Crippen LogP contribution >= 0.6 is 0 Å². The molecule has 2 N–H and O–H groups in total. The Labute approximate surface area is 228 Å². The summed E-state index contributed by atoms with van der Waals surface area (Å²) >= 11 is 0. The van der Waals surface area contributed by atoms with Crippen LogP contribution in [0.2, 0.25) is 0 Å². The molecule has 0 aliphatic carbocycles. The zero-order valence-corrected chi connectivity index (χ0v) is 22.3. The Morgan fingerprint density at radius 2 is 1.64 bits per heavy atom. The van der Waals surface area contributed by atoms with Gasteiger partial charge in [-0.2, -0.15) is 0 Å². The smallest absolute Gasteiger partial charge is 0.321 e. The number of aromatic amines is 1. The highest BCUT2D eigenvalue weighted by molar-refractivity contribution is 5.78. The van der Waals surface area contributed by atoms with Crippen LogP contribution in [-0.2, 0) is 17.8 Å². The molecule has 5 rings (SSSR count). The lowest BCUT2D eigenvalue weighted by Gasteiger charge is -2.27. The standard InChI is InChI=1S/C30H33N5O4/c1-21(2)35-27(19-34(30(35)38)18-26-28(36)29(37)32-20-31-26)25-11-9-23(10-12-25)4-3-22-5-7-24(8-6-22)17-33-13-15-39-16-14-33/h5-12,20-21,27,36H,13-19H2,1-2H3,(H,31,32,37)/t27-/m0/s1. The quantitative estimate of drug-likeness (QED) is 0.478. The maximum atomic E-state index is 13.2. The first kappa shape index (κ1) is 26.5. The molecule has 202 valence electrons. The zero-order chi connectivity index (χ0) is 27.4. The van der Waals surface area contributed by atoms with Crippen LogP contribution in [0.1, 0.15) is 47.8 Å². The van der Waals surface area contributed by atoms with E-state index in [1.807, 2.05) is 43.0 Å². The number of amides is 2. The maximum Gasteiger partial charge on any atom is 0.321 e. The van der Waals surface area contributed by atoms with Gasteiger partial charge in [-0.15, -0.1) is 0 Å². The summed E-state index contributed by atoms with van der Waals surface area (Å²) in [4.78, 5) is 37.2. The average Bonchev–Trinajstić information content (AvgIpc) is 3.27. The average molecular weight is 528 g/mol. The molecule has 1 aromatic heterocycles. The summed E-state index contributed by atoms with van der Waals surface area (Å²) in [6.45, 7) is 8.89. The molecule has 3 heterocycles. The summed E-state index contributed by atoms with van der Waals surface area (Å²) in [6.07, 6.45) is 1.23. The minimum Gasteiger partial charge on any atom is -0.502 e. The maximum absolute atomic E-state index is 13.2. The van der Waals surface area contributed by atoms with Crippen molar-refractivity contribution in [2.75, 3.05) is 32.8 Å². The fourth-order valence-corrected chi connectivity index (χ4v) is 5.02. The molecule has 9 nitrogen and oxygen atoms in total. The molecule has 2 aromatic carbocycles. The summed E-state index contributed by atoms with van der Waals surface area (Å²) in [5.41, 5.74) is 3.68. The number of aromatic hydroxyl groups is 1. The second kappa shape index (κ2) is 11.7. The second-order valence-electron chi connectivity index (χ2n) is 10.2. The van der Waals surface area contributed by atoms with Crippen LogP contribution in [0.25, 0.3) is 0 Å². The number of urea groups is 1. The molecule has 2 aliphatic heterocycles. The van der Waals surface area contributed by atoms with Gasteiger partial charge in [0.1, 0.15) is 5.69 Å². The number of aromatic nitrogens is 2. The number of nitrogens with zero attached hydrogens (tertiary/aromatic N) is 4. The minimum absolute atomic E-state index is 0.0288. The van der Waals surface area contributed by atoms with Gasteiger partial charge in [0.15, 0.2) is 0 Å². The number of carbonyl (C=O) groups excluding carboxylic acids is 1. The van der Waals surface area contributed by atoms with Gasteiger partial charge in [0, 0.05) is 43.3 Å². The second-order valence-corrected chi connectivity index (χ2v) is 10.2. The summed E-state index contributed by atoms with van der Waals surface area (Å²) in [7, 11) is 0. The van der Waals surface area contributed by atoms with Gasteiger partial charge in [-0.3, -0.25) is 9.69 Å². The van der Waals surface area contributed by atoms with Crippen LogP contribution in [0.3, 0.4) is 0 Å². The van der Waals surface area contributed by atoms with Gasteiger partial charge in [0.2, 0.25) is 5.75 Å². The third-order valence-electron chi connectivity index (χ3n) is 7.13. The van der Waals surface area contributed by atoms with Crippen LogP contribution in [-0.4, -0.2) is 74.7 Å². The summed E-state index contributed by atoms with van der Waals surface area (Å²) < 4.78 is 5.42. The van der Waals surface area contributed by atoms with Gasteiger partial charge in [0.25, 0.3) is 5.56 Å². The normalized spacial score (nSPS) is 17.9. The Morgan fingerprint density at radius 1 is 1.00 bits per heavy atom. The van der Waals surface area contributed by atoms with Gasteiger partial charge in [0.05, 0.1) is 32.1 Å². The zero-order valence-electron chi connectivity index (χ0n) is 22.3. The van der Waals surface area contributed by atoms with E-state index in [9.17, 15) is 14.7 Å². The van der Waals surface area contributed by atoms with E-state index in [-0.39, 0.29) is 30.4 Å². The third-order valence-corrected chi connectivity index (χ3v) is 7.13. The number of rotatable bonds is 6. The van der Waals surface area contributed by atoms with Crippen molar-refractivity contribution in [3.05, 3.63) is 93.2 Å². The molecule has 39 heavy (non-hydrogen) atoms. The molecule has 0 unspecified atom stereocenters. The van der Waals surface area contributed by atoms with Gasteiger partial charge >= 0.3 is 6.03 Å². The van der Waals surface area contributed by atoms with E-state index >= 15 is 0 Å². The Kier molecular flexibility index (Phi) is 7.96. The van der Waals surface area contributed by atoms with Crippen LogP contribution in [0, 0.1) is 11.8 Å². The van der Waals surface area contributed by atoms with Gasteiger partial charge in [-0.05, 0) is 49.2 Å². The van der Waals surface area contributed by atoms with Crippen LogP contribution < -0.4 is 5.56 Å². The van der Waals surface area contributed by atoms with Crippen molar-refractivity contribution in [1.29, 1.82) is 0 Å². The fourth-order valence-electron chi connectivity index (χ4n) is 5.02. The molecule has 2 amide bonds. The SMILES string of the molecule is CC(C)N1C(=O)N(Cc2nc[nH]c(=O)c2O)C[C@H]1c1ccc(C#Cc2ccc(CN3CCOCC3)cc2)cc1. The number of nitrogens with one attached hydrogen (secondary N) is 1. The molecule has 0 spiro atoms. The number of carbonyl (C=O) groups is 1. The number of benzene rings is 2. The van der Waals surface area contributed by atoms with E-state index in [1.54, 1.807) is 4.90 Å². The molecule has 2 aliphatic rings. The predicted octanol–water partition coefficient (Wildman–Crippen LogP) is 3.09. The molecule has 0 radical (unpaired) electrons. The van der Waals surface area contributed by atoms with Crippen molar-refractivity contribution in [3.8, 4) is 17.6 Å². The third kappa shape index (κ3) is 6.14. The molecule has 0 bridgehead atoms. The van der Waals surface area contributed by atoms with Crippen molar-refractivity contribution in [3.63, 3.8) is 0 Å². The Balaban J connectivity index is 1.26. The van der Waals surface area contributed by atoms with E-state index in [4.69, 9.17) is 4.74 Å². The van der Waals surface area contributed by atoms with Crippen molar-refractivity contribution < 1.29 is 14.6 Å².